The van der Waals surface area contributed by atoms with Gasteiger partial charge in [0.2, 0.25) is 0 Å². The Balaban J connectivity index is 2.49. The van der Waals surface area contributed by atoms with Crippen LogP contribution in [0.2, 0.25) is 0 Å². The van der Waals surface area contributed by atoms with Crippen molar-refractivity contribution in [1.82, 2.24) is 15.0 Å². The Bertz CT molecular complexity index is 538. The van der Waals surface area contributed by atoms with Crippen LogP contribution in [-0.4, -0.2) is 20.1 Å². The SMILES string of the molecule is Cc1ccncc1-c1ncc(C(C)O)c(C)n1. The summed E-state index contributed by atoms with van der Waals surface area (Å²) in [5.41, 5.74) is 3.57. The summed E-state index contributed by atoms with van der Waals surface area (Å²) in [5.74, 6) is 0.650. The number of rotatable bonds is 2. The minimum atomic E-state index is -0.543. The molecule has 0 radical (unpaired) electrons. The van der Waals surface area contributed by atoms with E-state index in [-0.39, 0.29) is 0 Å². The normalized spacial score (nSPS) is 12.5. The zero-order valence-electron chi connectivity index (χ0n) is 10.2. The molecule has 0 aliphatic rings. The van der Waals surface area contributed by atoms with Crippen LogP contribution in [0.5, 0.6) is 0 Å². The smallest absolute Gasteiger partial charge is 0.161 e. The van der Waals surface area contributed by atoms with E-state index in [1.807, 2.05) is 19.9 Å². The summed E-state index contributed by atoms with van der Waals surface area (Å²) in [4.78, 5) is 12.8. The van der Waals surface area contributed by atoms with E-state index >= 15 is 0 Å². The summed E-state index contributed by atoms with van der Waals surface area (Å²) in [5, 5.41) is 9.53. The summed E-state index contributed by atoms with van der Waals surface area (Å²) < 4.78 is 0. The summed E-state index contributed by atoms with van der Waals surface area (Å²) >= 11 is 0. The molecule has 0 aliphatic heterocycles. The highest BCUT2D eigenvalue weighted by Gasteiger charge is 2.10. The monoisotopic (exact) mass is 229 g/mol. The van der Waals surface area contributed by atoms with Crippen molar-refractivity contribution in [3.05, 3.63) is 41.5 Å². The summed E-state index contributed by atoms with van der Waals surface area (Å²) in [6.07, 6.45) is 4.63. The molecular formula is C13H15N3O. The van der Waals surface area contributed by atoms with Crippen LogP contribution in [0.3, 0.4) is 0 Å². The topological polar surface area (TPSA) is 58.9 Å². The number of aliphatic hydroxyl groups excluding tert-OH is 1. The zero-order chi connectivity index (χ0) is 12.4. The molecule has 1 atom stereocenters. The highest BCUT2D eigenvalue weighted by Crippen LogP contribution is 2.21. The lowest BCUT2D eigenvalue weighted by molar-refractivity contribution is 0.197. The van der Waals surface area contributed by atoms with E-state index in [1.165, 1.54) is 0 Å². The first-order valence-corrected chi connectivity index (χ1v) is 5.52. The molecule has 2 heterocycles. The van der Waals surface area contributed by atoms with Gasteiger partial charge in [-0.15, -0.1) is 0 Å². The van der Waals surface area contributed by atoms with Gasteiger partial charge in [-0.25, -0.2) is 9.97 Å². The third-order valence-electron chi connectivity index (χ3n) is 2.75. The van der Waals surface area contributed by atoms with Crippen LogP contribution in [0.4, 0.5) is 0 Å². The Morgan fingerprint density at radius 3 is 2.59 bits per heavy atom. The van der Waals surface area contributed by atoms with E-state index in [0.717, 1.165) is 22.4 Å². The fraction of sp³-hybridized carbons (Fsp3) is 0.308. The number of aryl methyl sites for hydroxylation is 2. The minimum Gasteiger partial charge on any atom is -0.389 e. The van der Waals surface area contributed by atoms with Crippen molar-refractivity contribution in [2.24, 2.45) is 0 Å². The van der Waals surface area contributed by atoms with Crippen molar-refractivity contribution in [2.45, 2.75) is 26.9 Å². The highest BCUT2D eigenvalue weighted by atomic mass is 16.3. The van der Waals surface area contributed by atoms with Crippen molar-refractivity contribution in [2.75, 3.05) is 0 Å². The average molecular weight is 229 g/mol. The molecule has 0 amide bonds. The fourth-order valence-electron chi connectivity index (χ4n) is 1.71. The van der Waals surface area contributed by atoms with Crippen LogP contribution >= 0.6 is 0 Å². The number of hydrogen-bond acceptors (Lipinski definition) is 4. The molecule has 4 heteroatoms. The molecule has 17 heavy (non-hydrogen) atoms. The second-order valence-electron chi connectivity index (χ2n) is 4.10. The van der Waals surface area contributed by atoms with Crippen molar-refractivity contribution in [3.8, 4) is 11.4 Å². The van der Waals surface area contributed by atoms with Crippen LogP contribution in [0.15, 0.2) is 24.7 Å². The largest absolute Gasteiger partial charge is 0.389 e. The molecule has 0 aliphatic carbocycles. The Morgan fingerprint density at radius 1 is 1.24 bits per heavy atom. The van der Waals surface area contributed by atoms with Crippen LogP contribution in [0.25, 0.3) is 11.4 Å². The second-order valence-corrected chi connectivity index (χ2v) is 4.10. The lowest BCUT2D eigenvalue weighted by Gasteiger charge is -2.09. The first-order valence-electron chi connectivity index (χ1n) is 5.52. The quantitative estimate of drug-likeness (QED) is 0.857. The summed E-state index contributed by atoms with van der Waals surface area (Å²) in [7, 11) is 0. The number of hydrogen-bond donors (Lipinski definition) is 1. The number of pyridine rings is 1. The number of aliphatic hydroxyl groups is 1. The van der Waals surface area contributed by atoms with Gasteiger partial charge in [0.05, 0.1) is 6.10 Å². The molecular weight excluding hydrogens is 214 g/mol. The van der Waals surface area contributed by atoms with Gasteiger partial charge < -0.3 is 5.11 Å². The lowest BCUT2D eigenvalue weighted by atomic mass is 10.1. The molecule has 2 aromatic heterocycles. The second kappa shape index (κ2) is 4.59. The van der Waals surface area contributed by atoms with E-state index in [9.17, 15) is 5.11 Å². The van der Waals surface area contributed by atoms with Gasteiger partial charge in [0, 0.05) is 35.4 Å². The van der Waals surface area contributed by atoms with E-state index in [0.29, 0.717) is 5.82 Å². The predicted octanol–water partition coefficient (Wildman–Crippen LogP) is 2.21. The van der Waals surface area contributed by atoms with Crippen LogP contribution in [-0.2, 0) is 0 Å². The first-order chi connectivity index (χ1) is 8.09. The molecule has 0 fully saturated rings. The maximum absolute atomic E-state index is 9.53. The summed E-state index contributed by atoms with van der Waals surface area (Å²) in [6.45, 7) is 5.58. The van der Waals surface area contributed by atoms with E-state index in [1.54, 1.807) is 25.5 Å². The predicted molar refractivity (Wildman–Crippen MR) is 65.4 cm³/mol. The van der Waals surface area contributed by atoms with Crippen molar-refractivity contribution in [1.29, 1.82) is 0 Å². The van der Waals surface area contributed by atoms with Crippen LogP contribution in [0, 0.1) is 13.8 Å². The molecule has 4 nitrogen and oxygen atoms in total. The number of aromatic nitrogens is 3. The molecule has 1 N–H and O–H groups in total. The molecule has 0 spiro atoms. The zero-order valence-corrected chi connectivity index (χ0v) is 10.2. The van der Waals surface area contributed by atoms with Gasteiger partial charge in [-0.05, 0) is 32.4 Å². The molecule has 0 saturated heterocycles. The fourth-order valence-corrected chi connectivity index (χ4v) is 1.71. The molecule has 88 valence electrons. The number of nitrogens with zero attached hydrogens (tertiary/aromatic N) is 3. The van der Waals surface area contributed by atoms with E-state index in [4.69, 9.17) is 0 Å². The third kappa shape index (κ3) is 2.31. The maximum atomic E-state index is 9.53. The minimum absolute atomic E-state index is 0.543. The maximum Gasteiger partial charge on any atom is 0.161 e. The summed E-state index contributed by atoms with van der Waals surface area (Å²) in [6, 6.07) is 1.93. The van der Waals surface area contributed by atoms with E-state index < -0.39 is 6.10 Å². The van der Waals surface area contributed by atoms with Crippen LogP contribution < -0.4 is 0 Å². The molecule has 1 unspecified atom stereocenters. The van der Waals surface area contributed by atoms with Crippen LogP contribution in [0.1, 0.15) is 29.8 Å². The Labute approximate surface area is 100 Å². The lowest BCUT2D eigenvalue weighted by Crippen LogP contribution is -2.02. The molecule has 2 rings (SSSR count). The van der Waals surface area contributed by atoms with Gasteiger partial charge in [-0.3, -0.25) is 4.98 Å². The average Bonchev–Trinajstić information content (AvgIpc) is 2.29. The standard InChI is InChI=1S/C13H15N3O/c1-8-4-5-14-6-11(8)13-15-7-12(10(3)17)9(2)16-13/h4-7,10,17H,1-3H3. The Morgan fingerprint density at radius 2 is 2.00 bits per heavy atom. The van der Waals surface area contributed by atoms with Gasteiger partial charge in [-0.1, -0.05) is 0 Å². The van der Waals surface area contributed by atoms with Crippen molar-refractivity contribution < 1.29 is 5.11 Å². The molecule has 0 bridgehead atoms. The van der Waals surface area contributed by atoms with Gasteiger partial charge >= 0.3 is 0 Å². The Hall–Kier alpha value is -1.81. The Kier molecular flexibility index (Phi) is 3.15. The van der Waals surface area contributed by atoms with E-state index in [2.05, 4.69) is 15.0 Å². The van der Waals surface area contributed by atoms with Gasteiger partial charge in [0.1, 0.15) is 0 Å². The first kappa shape index (κ1) is 11.7. The molecule has 0 aromatic carbocycles. The van der Waals surface area contributed by atoms with Gasteiger partial charge in [0.15, 0.2) is 5.82 Å². The highest BCUT2D eigenvalue weighted by molar-refractivity contribution is 5.58. The molecule has 2 aromatic rings. The molecule has 0 saturated carbocycles. The third-order valence-corrected chi connectivity index (χ3v) is 2.75. The van der Waals surface area contributed by atoms with Gasteiger partial charge in [0.25, 0.3) is 0 Å². The van der Waals surface area contributed by atoms with Gasteiger partial charge in [-0.2, -0.15) is 0 Å². The van der Waals surface area contributed by atoms with Crippen molar-refractivity contribution >= 4 is 0 Å². The van der Waals surface area contributed by atoms with Crippen molar-refractivity contribution in [3.63, 3.8) is 0 Å².